The van der Waals surface area contributed by atoms with Crippen molar-refractivity contribution >= 4 is 99.6 Å². The molecule has 0 spiro atoms. The van der Waals surface area contributed by atoms with E-state index in [1.54, 1.807) is 0 Å². The van der Waals surface area contributed by atoms with Crippen molar-refractivity contribution in [2.45, 2.75) is 66.2 Å². The van der Waals surface area contributed by atoms with Crippen LogP contribution >= 0.6 is 11.3 Å². The zero-order valence-electron chi connectivity index (χ0n) is 38.3. The van der Waals surface area contributed by atoms with Crippen molar-refractivity contribution in [2.24, 2.45) is 0 Å². The third-order valence-electron chi connectivity index (χ3n) is 15.0. The standard InChI is InChI=1S/C60H50BN3S/c1-35-30-51-55-52(31-35)64-56-43(54-57(64)42-21-11-13-23-44(42)60(54,7)8)32-38(59(4,5)6)33-46(56)61(55)45-29-28-39(62(47-24-14-9-18-36(47)2)48-25-15-10-19-37(48)3)34-50(45)63(51)49-26-17-22-41-40-20-12-16-27-53(40)65-58(41)49/h9-34H,1-8H3. The highest BCUT2D eigenvalue weighted by atomic mass is 32.1. The molecule has 4 heterocycles. The monoisotopic (exact) mass is 855 g/mol. The van der Waals surface area contributed by atoms with Crippen LogP contribution in [0, 0.1) is 20.8 Å². The molecule has 0 unspecified atom stereocenters. The number of fused-ring (bicyclic) bond motifs is 12. The molecule has 3 aliphatic rings. The Balaban J connectivity index is 1.18. The summed E-state index contributed by atoms with van der Waals surface area (Å²) in [6.07, 6.45) is 0. The molecule has 0 fully saturated rings. The Hall–Kier alpha value is -6.82. The van der Waals surface area contributed by atoms with Crippen molar-refractivity contribution in [1.29, 1.82) is 0 Å². The summed E-state index contributed by atoms with van der Waals surface area (Å²) in [5, 5.41) is 4.00. The second kappa shape index (κ2) is 13.4. The number of benzene rings is 8. The molecular formula is C60H50BN3S. The van der Waals surface area contributed by atoms with Crippen LogP contribution in [0.2, 0.25) is 0 Å². The fourth-order valence-corrected chi connectivity index (χ4v) is 13.2. The molecule has 0 atom stereocenters. The molecule has 2 aliphatic heterocycles. The second-order valence-corrected chi connectivity index (χ2v) is 21.4. The van der Waals surface area contributed by atoms with Crippen molar-refractivity contribution in [3.63, 3.8) is 0 Å². The van der Waals surface area contributed by atoms with E-state index in [0.29, 0.717) is 0 Å². The number of aryl methyl sites for hydroxylation is 3. The topological polar surface area (TPSA) is 11.4 Å². The molecule has 1 aliphatic carbocycles. The van der Waals surface area contributed by atoms with Crippen molar-refractivity contribution in [3.8, 4) is 16.9 Å². The molecule has 0 radical (unpaired) electrons. The van der Waals surface area contributed by atoms with Gasteiger partial charge in [0.05, 0.1) is 16.1 Å². The first-order valence-corrected chi connectivity index (χ1v) is 24.0. The quantitative estimate of drug-likeness (QED) is 0.163. The molecule has 10 aromatic rings. The molecule has 2 aromatic heterocycles. The highest BCUT2D eigenvalue weighted by molar-refractivity contribution is 7.26. The molecule has 0 saturated carbocycles. The Morgan fingerprint density at radius 1 is 0.585 bits per heavy atom. The maximum absolute atomic E-state index is 2.69. The van der Waals surface area contributed by atoms with Gasteiger partial charge < -0.3 is 14.4 Å². The van der Waals surface area contributed by atoms with Gasteiger partial charge in [0.15, 0.2) is 0 Å². The lowest BCUT2D eigenvalue weighted by molar-refractivity contribution is 0.591. The van der Waals surface area contributed by atoms with E-state index in [0.717, 1.165) is 5.69 Å². The average molecular weight is 856 g/mol. The number of rotatable bonds is 4. The van der Waals surface area contributed by atoms with Crippen LogP contribution in [0.4, 0.5) is 34.1 Å². The van der Waals surface area contributed by atoms with Crippen LogP contribution in [0.15, 0.2) is 158 Å². The van der Waals surface area contributed by atoms with E-state index < -0.39 is 0 Å². The predicted octanol–water partition coefficient (Wildman–Crippen LogP) is 14.6. The fraction of sp³-hybridized carbons (Fsp3) is 0.167. The summed E-state index contributed by atoms with van der Waals surface area (Å²) >= 11 is 1.91. The Morgan fingerprint density at radius 3 is 2.02 bits per heavy atom. The third-order valence-corrected chi connectivity index (χ3v) is 16.2. The number of aromatic nitrogens is 1. The van der Waals surface area contributed by atoms with E-state index in [1.807, 2.05) is 11.3 Å². The summed E-state index contributed by atoms with van der Waals surface area (Å²) in [6.45, 7) is 18.8. The molecular weight excluding hydrogens is 806 g/mol. The highest BCUT2D eigenvalue weighted by Gasteiger charge is 2.48. The van der Waals surface area contributed by atoms with Gasteiger partial charge in [0.2, 0.25) is 0 Å². The van der Waals surface area contributed by atoms with Crippen LogP contribution in [-0.4, -0.2) is 11.3 Å². The van der Waals surface area contributed by atoms with Gasteiger partial charge in [-0.2, -0.15) is 0 Å². The van der Waals surface area contributed by atoms with Crippen LogP contribution in [0.1, 0.15) is 68.0 Å². The zero-order valence-corrected chi connectivity index (χ0v) is 39.2. The first-order valence-electron chi connectivity index (χ1n) is 23.1. The van der Waals surface area contributed by atoms with E-state index >= 15 is 0 Å². The molecule has 8 aromatic carbocycles. The van der Waals surface area contributed by atoms with Crippen molar-refractivity contribution < 1.29 is 0 Å². The first kappa shape index (κ1) is 38.6. The lowest BCUT2D eigenvalue weighted by Gasteiger charge is -2.42. The van der Waals surface area contributed by atoms with Gasteiger partial charge in [0, 0.05) is 71.5 Å². The molecule has 5 heteroatoms. The predicted molar refractivity (Wildman–Crippen MR) is 281 cm³/mol. The molecule has 0 bridgehead atoms. The third kappa shape index (κ3) is 5.25. The molecule has 65 heavy (non-hydrogen) atoms. The van der Waals surface area contributed by atoms with Gasteiger partial charge in [0.25, 0.3) is 6.71 Å². The summed E-state index contributed by atoms with van der Waals surface area (Å²) in [5.41, 5.74) is 24.4. The van der Waals surface area contributed by atoms with E-state index in [-0.39, 0.29) is 17.5 Å². The number of nitrogens with zero attached hydrogens (tertiary/aromatic N) is 3. The summed E-state index contributed by atoms with van der Waals surface area (Å²) in [6, 6.07) is 60.1. The molecule has 0 saturated heterocycles. The van der Waals surface area contributed by atoms with Crippen LogP contribution < -0.4 is 26.2 Å². The van der Waals surface area contributed by atoms with Crippen LogP contribution in [0.3, 0.4) is 0 Å². The average Bonchev–Trinajstić information content (AvgIpc) is 3.93. The lowest BCUT2D eigenvalue weighted by Crippen LogP contribution is -2.60. The second-order valence-electron chi connectivity index (χ2n) is 20.3. The number of thiophene rings is 1. The number of anilines is 6. The van der Waals surface area contributed by atoms with Gasteiger partial charge in [-0.1, -0.05) is 138 Å². The minimum Gasteiger partial charge on any atom is -0.310 e. The summed E-state index contributed by atoms with van der Waals surface area (Å²) < 4.78 is 5.31. The van der Waals surface area contributed by atoms with E-state index in [4.69, 9.17) is 0 Å². The maximum Gasteiger partial charge on any atom is 0.252 e. The molecule has 0 amide bonds. The van der Waals surface area contributed by atoms with Gasteiger partial charge in [-0.15, -0.1) is 11.3 Å². The molecule has 13 rings (SSSR count). The number of hydrogen-bond acceptors (Lipinski definition) is 3. The summed E-state index contributed by atoms with van der Waals surface area (Å²) in [5.74, 6) is 0. The SMILES string of the molecule is Cc1cc2c3c(c1)-n1c4c(c5cc(C(C)(C)C)cc(c51)B3c1ccc(N(c3ccccc3C)c3ccccc3C)cc1N2c1cccc2c1sc1ccccc12)C(C)(C)c1ccccc1-4. The van der Waals surface area contributed by atoms with E-state index in [1.165, 1.54) is 126 Å². The zero-order chi connectivity index (χ0) is 44.3. The molecule has 3 nitrogen and oxygen atoms in total. The van der Waals surface area contributed by atoms with Crippen molar-refractivity contribution in [1.82, 2.24) is 4.57 Å². The lowest BCUT2D eigenvalue weighted by atomic mass is 9.33. The van der Waals surface area contributed by atoms with Crippen molar-refractivity contribution in [3.05, 3.63) is 191 Å². The minimum absolute atomic E-state index is 0.0126. The van der Waals surface area contributed by atoms with Gasteiger partial charge in [-0.25, -0.2) is 0 Å². The summed E-state index contributed by atoms with van der Waals surface area (Å²) in [4.78, 5) is 5.12. The van der Waals surface area contributed by atoms with Crippen LogP contribution in [0.5, 0.6) is 0 Å². The Morgan fingerprint density at radius 2 is 1.26 bits per heavy atom. The van der Waals surface area contributed by atoms with Gasteiger partial charge in [0.1, 0.15) is 0 Å². The Labute approximate surface area is 386 Å². The largest absolute Gasteiger partial charge is 0.310 e. The fourth-order valence-electron chi connectivity index (χ4n) is 11.9. The molecule has 0 N–H and O–H groups in total. The van der Waals surface area contributed by atoms with Crippen LogP contribution in [0.25, 0.3) is 48.0 Å². The highest BCUT2D eigenvalue weighted by Crippen LogP contribution is 2.56. The molecule has 314 valence electrons. The van der Waals surface area contributed by atoms with Crippen LogP contribution in [-0.2, 0) is 10.8 Å². The van der Waals surface area contributed by atoms with Crippen molar-refractivity contribution in [2.75, 3.05) is 9.80 Å². The van der Waals surface area contributed by atoms with Gasteiger partial charge in [-0.05, 0) is 131 Å². The number of hydrogen-bond donors (Lipinski definition) is 0. The van der Waals surface area contributed by atoms with E-state index in [2.05, 4.69) is 227 Å². The van der Waals surface area contributed by atoms with Gasteiger partial charge >= 0.3 is 0 Å². The normalized spacial score (nSPS) is 14.2. The van der Waals surface area contributed by atoms with E-state index in [9.17, 15) is 0 Å². The van der Waals surface area contributed by atoms with Gasteiger partial charge in [-0.3, -0.25) is 0 Å². The smallest absolute Gasteiger partial charge is 0.252 e. The first-order chi connectivity index (χ1) is 31.4. The Kier molecular flexibility index (Phi) is 7.95. The maximum atomic E-state index is 2.69. The minimum atomic E-state index is -0.166. The Bertz CT molecular complexity index is 3650. The summed E-state index contributed by atoms with van der Waals surface area (Å²) in [7, 11) is 0. The number of para-hydroxylation sites is 2.